The molecule has 0 saturated heterocycles. The predicted molar refractivity (Wildman–Crippen MR) is 138 cm³/mol. The third-order valence-corrected chi connectivity index (χ3v) is 5.65. The van der Waals surface area contributed by atoms with Crippen LogP contribution < -0.4 is 0 Å². The summed E-state index contributed by atoms with van der Waals surface area (Å²) in [5.41, 5.74) is -0.314. The number of hydrogen-bond acceptors (Lipinski definition) is 6. The van der Waals surface area contributed by atoms with Crippen LogP contribution in [0.25, 0.3) is 0 Å². The summed E-state index contributed by atoms with van der Waals surface area (Å²) in [6.07, 6.45) is 1.10. The molecule has 3 unspecified atom stereocenters. The van der Waals surface area contributed by atoms with Gasteiger partial charge >= 0.3 is 11.9 Å². The quantitative estimate of drug-likeness (QED) is 0.261. The summed E-state index contributed by atoms with van der Waals surface area (Å²) >= 11 is 0. The molecule has 2 N–H and O–H groups in total. The molecule has 9 heteroatoms. The monoisotopic (exact) mass is 525 g/mol. The molecule has 37 heavy (non-hydrogen) atoms. The predicted octanol–water partition coefficient (Wildman–Crippen LogP) is 4.95. The molecule has 1 rings (SSSR count). The van der Waals surface area contributed by atoms with E-state index in [1.165, 1.54) is 43.0 Å². The summed E-state index contributed by atoms with van der Waals surface area (Å²) in [6, 6.07) is 3.86. The van der Waals surface area contributed by atoms with Crippen LogP contribution in [0, 0.1) is 23.6 Å². The van der Waals surface area contributed by atoms with E-state index in [4.69, 9.17) is 9.47 Å². The Balaban J connectivity index is 3.03. The van der Waals surface area contributed by atoms with Crippen LogP contribution >= 0.6 is 0 Å². The second-order valence-corrected chi connectivity index (χ2v) is 11.5. The van der Waals surface area contributed by atoms with Crippen LogP contribution in [0.2, 0.25) is 0 Å². The molecule has 0 saturated carbocycles. The van der Waals surface area contributed by atoms with Crippen molar-refractivity contribution >= 4 is 17.8 Å². The van der Waals surface area contributed by atoms with Crippen LogP contribution in [0.3, 0.4) is 0 Å². The highest BCUT2D eigenvalue weighted by molar-refractivity contribution is 5.85. The Bertz CT molecular complexity index is 887. The Morgan fingerprint density at radius 3 is 2.05 bits per heavy atom. The maximum Gasteiger partial charge on any atom is 0.331 e. The molecule has 0 aliphatic rings. The number of ether oxygens (including phenoxy) is 2. The van der Waals surface area contributed by atoms with E-state index in [0.29, 0.717) is 18.4 Å². The third kappa shape index (κ3) is 12.5. The van der Waals surface area contributed by atoms with Gasteiger partial charge in [-0.25, -0.2) is 9.18 Å². The highest BCUT2D eigenvalue weighted by atomic mass is 19.1. The lowest BCUT2D eigenvalue weighted by Crippen LogP contribution is -2.42. The summed E-state index contributed by atoms with van der Waals surface area (Å²) in [7, 11) is 0. The second kappa shape index (κ2) is 13.9. The van der Waals surface area contributed by atoms with Gasteiger partial charge in [0.15, 0.2) is 11.8 Å². The normalized spacial score (nSPS) is 14.7. The van der Waals surface area contributed by atoms with E-state index >= 15 is 0 Å². The van der Waals surface area contributed by atoms with E-state index in [9.17, 15) is 29.0 Å². The molecular formula is C28H44FNO7. The zero-order valence-electron chi connectivity index (χ0n) is 23.4. The van der Waals surface area contributed by atoms with Gasteiger partial charge in [-0.3, -0.25) is 9.59 Å². The molecule has 0 aliphatic carbocycles. The maximum absolute atomic E-state index is 13.4. The number of hydrogen-bond donors (Lipinski definition) is 2. The SMILES string of the molecule is CC(CCN(C(=O)C(C)C)C(C(=O)O)c1ccc(F)cc1)CC(COC(C)(C)O)CC(=O)OC(C)(C)C. The van der Waals surface area contributed by atoms with E-state index in [-0.39, 0.29) is 43.3 Å². The van der Waals surface area contributed by atoms with Crippen molar-refractivity contribution < 1.29 is 38.5 Å². The summed E-state index contributed by atoms with van der Waals surface area (Å²) in [5, 5.41) is 20.0. The van der Waals surface area contributed by atoms with E-state index in [1.807, 2.05) is 6.92 Å². The van der Waals surface area contributed by atoms with Gasteiger partial charge in [0, 0.05) is 12.5 Å². The Kier molecular flexibility index (Phi) is 12.2. The third-order valence-electron chi connectivity index (χ3n) is 5.65. The zero-order chi connectivity index (χ0) is 28.6. The molecule has 0 heterocycles. The molecule has 1 aromatic rings. The van der Waals surface area contributed by atoms with Gasteiger partial charge in [-0.05, 0) is 77.0 Å². The first kappa shape index (κ1) is 32.5. The molecule has 0 aromatic heterocycles. The topological polar surface area (TPSA) is 113 Å². The minimum absolute atomic E-state index is 0.0111. The molecule has 3 atom stereocenters. The van der Waals surface area contributed by atoms with Crippen molar-refractivity contribution in [2.45, 2.75) is 92.1 Å². The molecule has 8 nitrogen and oxygen atoms in total. The van der Waals surface area contributed by atoms with Crippen molar-refractivity contribution in [3.8, 4) is 0 Å². The van der Waals surface area contributed by atoms with Crippen LogP contribution in [-0.4, -0.2) is 57.5 Å². The van der Waals surface area contributed by atoms with E-state index in [1.54, 1.807) is 34.6 Å². The number of amides is 1. The molecule has 0 spiro atoms. The lowest BCUT2D eigenvalue weighted by atomic mass is 9.91. The highest BCUT2D eigenvalue weighted by Gasteiger charge is 2.33. The lowest BCUT2D eigenvalue weighted by Gasteiger charge is -2.32. The van der Waals surface area contributed by atoms with Crippen LogP contribution in [0.4, 0.5) is 4.39 Å². The first-order chi connectivity index (χ1) is 16.9. The number of nitrogens with zero attached hydrogens (tertiary/aromatic N) is 1. The Hall–Kier alpha value is -2.52. The molecule has 0 bridgehead atoms. The average molecular weight is 526 g/mol. The molecule has 1 amide bonds. The van der Waals surface area contributed by atoms with Crippen molar-refractivity contribution in [1.82, 2.24) is 4.90 Å². The molecule has 1 aromatic carbocycles. The summed E-state index contributed by atoms with van der Waals surface area (Å²) in [6.45, 7) is 14.0. The number of aliphatic carboxylic acids is 1. The van der Waals surface area contributed by atoms with E-state index < -0.39 is 35.1 Å². The number of carbonyl (C=O) groups excluding carboxylic acids is 2. The molecule has 210 valence electrons. The van der Waals surface area contributed by atoms with Crippen LogP contribution in [-0.2, 0) is 23.9 Å². The van der Waals surface area contributed by atoms with Crippen molar-refractivity contribution in [1.29, 1.82) is 0 Å². The van der Waals surface area contributed by atoms with Gasteiger partial charge in [0.05, 0.1) is 13.0 Å². The fourth-order valence-electron chi connectivity index (χ4n) is 4.00. The van der Waals surface area contributed by atoms with Gasteiger partial charge in [0.1, 0.15) is 11.4 Å². The fraction of sp³-hybridized carbons (Fsp3) is 0.679. The Labute approximate surface area is 220 Å². The lowest BCUT2D eigenvalue weighted by molar-refractivity contribution is -0.187. The first-order valence-electron chi connectivity index (χ1n) is 12.8. The first-order valence-corrected chi connectivity index (χ1v) is 12.8. The fourth-order valence-corrected chi connectivity index (χ4v) is 4.00. The Morgan fingerprint density at radius 2 is 1.59 bits per heavy atom. The largest absolute Gasteiger partial charge is 0.479 e. The van der Waals surface area contributed by atoms with Crippen molar-refractivity contribution in [2.24, 2.45) is 17.8 Å². The van der Waals surface area contributed by atoms with Gasteiger partial charge in [0.25, 0.3) is 0 Å². The number of carboxylic acid groups (broad SMARTS) is 1. The van der Waals surface area contributed by atoms with E-state index in [0.717, 1.165) is 0 Å². The minimum atomic E-state index is -1.36. The van der Waals surface area contributed by atoms with Gasteiger partial charge in [0.2, 0.25) is 5.91 Å². The summed E-state index contributed by atoms with van der Waals surface area (Å²) in [5.74, 6) is -4.44. The number of halogens is 1. The number of aliphatic hydroxyl groups is 1. The Morgan fingerprint density at radius 1 is 1.03 bits per heavy atom. The molecular weight excluding hydrogens is 481 g/mol. The van der Waals surface area contributed by atoms with Gasteiger partial charge in [-0.2, -0.15) is 0 Å². The van der Waals surface area contributed by atoms with Crippen molar-refractivity contribution in [3.05, 3.63) is 35.6 Å². The molecule has 0 radical (unpaired) electrons. The number of esters is 1. The average Bonchev–Trinajstić information content (AvgIpc) is 2.73. The van der Waals surface area contributed by atoms with Gasteiger partial charge < -0.3 is 24.6 Å². The maximum atomic E-state index is 13.4. The van der Waals surface area contributed by atoms with Crippen molar-refractivity contribution in [2.75, 3.05) is 13.2 Å². The molecule has 0 aliphatic heterocycles. The highest BCUT2D eigenvalue weighted by Crippen LogP contribution is 2.27. The van der Waals surface area contributed by atoms with E-state index in [2.05, 4.69) is 0 Å². The second-order valence-electron chi connectivity index (χ2n) is 11.5. The van der Waals surface area contributed by atoms with Gasteiger partial charge in [-0.1, -0.05) is 32.9 Å². The van der Waals surface area contributed by atoms with Crippen LogP contribution in [0.15, 0.2) is 24.3 Å². The number of carboxylic acids is 1. The summed E-state index contributed by atoms with van der Waals surface area (Å²) < 4.78 is 24.4. The standard InChI is InChI=1S/C28H44FNO7/c1-18(2)25(32)30(24(26(33)34)21-9-11-22(29)12-10-21)14-13-19(3)15-20(17-36-28(7,8)35)16-23(31)37-27(4,5)6/h9-12,18-20,24,35H,13-17H2,1-8H3,(H,33,34). The number of carbonyl (C=O) groups is 3. The summed E-state index contributed by atoms with van der Waals surface area (Å²) in [4.78, 5) is 39.0. The molecule has 0 fully saturated rings. The minimum Gasteiger partial charge on any atom is -0.479 e. The van der Waals surface area contributed by atoms with Crippen molar-refractivity contribution in [3.63, 3.8) is 0 Å². The van der Waals surface area contributed by atoms with Crippen LogP contribution in [0.5, 0.6) is 0 Å². The number of rotatable bonds is 14. The van der Waals surface area contributed by atoms with Crippen LogP contribution in [0.1, 0.15) is 86.3 Å². The van der Waals surface area contributed by atoms with Gasteiger partial charge in [-0.15, -0.1) is 0 Å². The smallest absolute Gasteiger partial charge is 0.331 e. The zero-order valence-corrected chi connectivity index (χ0v) is 23.4. The number of benzene rings is 1.